The third-order valence-electron chi connectivity index (χ3n) is 2.57. The van der Waals surface area contributed by atoms with Crippen LogP contribution in [-0.2, 0) is 0 Å². The predicted octanol–water partition coefficient (Wildman–Crippen LogP) is 4.14. The first-order valence-corrected chi connectivity index (χ1v) is 6.07. The Labute approximate surface area is 104 Å². The van der Waals surface area contributed by atoms with Crippen molar-refractivity contribution < 1.29 is 0 Å². The molecule has 2 aromatic rings. The van der Waals surface area contributed by atoms with Gasteiger partial charge in [-0.3, -0.25) is 0 Å². The first-order valence-electron chi connectivity index (χ1n) is 5.28. The van der Waals surface area contributed by atoms with Crippen molar-refractivity contribution in [1.29, 1.82) is 0 Å². The number of nitrogens with two attached hydrogens (primary N) is 1. The molecule has 0 radical (unpaired) electrons. The van der Waals surface area contributed by atoms with Crippen molar-refractivity contribution in [2.24, 2.45) is 5.73 Å². The Morgan fingerprint density at radius 2 is 1.62 bits per heavy atom. The van der Waals surface area contributed by atoms with E-state index in [0.29, 0.717) is 0 Å². The quantitative estimate of drug-likeness (QED) is 0.876. The van der Waals surface area contributed by atoms with Gasteiger partial charge in [-0.05, 0) is 41.8 Å². The van der Waals surface area contributed by atoms with E-state index in [0.717, 1.165) is 10.0 Å². The molecular weight excluding hydrogens is 262 g/mol. The molecule has 0 fully saturated rings. The second-order valence-electron chi connectivity index (χ2n) is 3.92. The molecule has 2 heteroatoms. The van der Waals surface area contributed by atoms with E-state index in [1.807, 2.05) is 19.1 Å². The molecule has 0 saturated carbocycles. The lowest BCUT2D eigenvalue weighted by Crippen LogP contribution is -2.04. The highest BCUT2D eigenvalue weighted by atomic mass is 79.9. The van der Waals surface area contributed by atoms with Crippen molar-refractivity contribution in [3.8, 4) is 11.1 Å². The van der Waals surface area contributed by atoms with Crippen molar-refractivity contribution in [1.82, 2.24) is 0 Å². The molecule has 0 saturated heterocycles. The number of benzene rings is 2. The second kappa shape index (κ2) is 4.81. The predicted molar refractivity (Wildman–Crippen MR) is 72.2 cm³/mol. The van der Waals surface area contributed by atoms with Gasteiger partial charge in [-0.15, -0.1) is 0 Å². The van der Waals surface area contributed by atoms with Gasteiger partial charge in [0, 0.05) is 10.5 Å². The topological polar surface area (TPSA) is 26.0 Å². The number of hydrogen-bond donors (Lipinski definition) is 1. The molecule has 0 aliphatic carbocycles. The van der Waals surface area contributed by atoms with Gasteiger partial charge < -0.3 is 5.73 Å². The highest BCUT2D eigenvalue weighted by molar-refractivity contribution is 9.10. The van der Waals surface area contributed by atoms with Crippen molar-refractivity contribution in [3.63, 3.8) is 0 Å². The summed E-state index contributed by atoms with van der Waals surface area (Å²) < 4.78 is 1.09. The van der Waals surface area contributed by atoms with Gasteiger partial charge in [-0.1, -0.05) is 46.3 Å². The standard InChI is InChI=1S/C14H14BrN/c1-10(16)11-4-2-5-12(8-11)13-6-3-7-14(15)9-13/h2-10H,16H2,1H3. The Bertz CT molecular complexity index is 492. The van der Waals surface area contributed by atoms with Crippen LogP contribution in [0.3, 0.4) is 0 Å². The van der Waals surface area contributed by atoms with E-state index in [2.05, 4.69) is 52.3 Å². The molecule has 1 atom stereocenters. The lowest BCUT2D eigenvalue weighted by Gasteiger charge is -2.08. The SMILES string of the molecule is CC(N)c1cccc(-c2cccc(Br)c2)c1. The summed E-state index contributed by atoms with van der Waals surface area (Å²) in [6.07, 6.45) is 0. The summed E-state index contributed by atoms with van der Waals surface area (Å²) in [7, 11) is 0. The van der Waals surface area contributed by atoms with Crippen LogP contribution in [0.4, 0.5) is 0 Å². The first kappa shape index (κ1) is 11.4. The molecule has 1 nitrogen and oxygen atoms in total. The molecule has 0 bridgehead atoms. The maximum absolute atomic E-state index is 5.88. The zero-order valence-electron chi connectivity index (χ0n) is 9.15. The van der Waals surface area contributed by atoms with Gasteiger partial charge in [-0.2, -0.15) is 0 Å². The molecule has 2 aromatic carbocycles. The molecule has 0 aliphatic heterocycles. The summed E-state index contributed by atoms with van der Waals surface area (Å²) in [5.74, 6) is 0. The molecular formula is C14H14BrN. The maximum Gasteiger partial charge on any atom is 0.0266 e. The zero-order valence-corrected chi connectivity index (χ0v) is 10.7. The van der Waals surface area contributed by atoms with Crippen LogP contribution in [0.15, 0.2) is 53.0 Å². The van der Waals surface area contributed by atoms with Crippen LogP contribution < -0.4 is 5.73 Å². The van der Waals surface area contributed by atoms with E-state index in [4.69, 9.17) is 5.73 Å². The molecule has 82 valence electrons. The Morgan fingerprint density at radius 1 is 1.00 bits per heavy atom. The highest BCUT2D eigenvalue weighted by Crippen LogP contribution is 2.25. The van der Waals surface area contributed by atoms with Gasteiger partial charge in [0.25, 0.3) is 0 Å². The minimum absolute atomic E-state index is 0.0760. The van der Waals surface area contributed by atoms with E-state index in [-0.39, 0.29) is 6.04 Å². The van der Waals surface area contributed by atoms with Gasteiger partial charge in [-0.25, -0.2) is 0 Å². The van der Waals surface area contributed by atoms with Crippen molar-refractivity contribution >= 4 is 15.9 Å². The molecule has 16 heavy (non-hydrogen) atoms. The molecule has 0 aromatic heterocycles. The van der Waals surface area contributed by atoms with E-state index in [9.17, 15) is 0 Å². The molecule has 0 aliphatic rings. The maximum atomic E-state index is 5.88. The van der Waals surface area contributed by atoms with Crippen molar-refractivity contribution in [2.45, 2.75) is 13.0 Å². The van der Waals surface area contributed by atoms with Gasteiger partial charge in [0.05, 0.1) is 0 Å². The molecule has 0 amide bonds. The largest absolute Gasteiger partial charge is 0.324 e. The normalized spacial score (nSPS) is 12.4. The lowest BCUT2D eigenvalue weighted by atomic mass is 10.0. The summed E-state index contributed by atoms with van der Waals surface area (Å²) >= 11 is 3.48. The van der Waals surface area contributed by atoms with E-state index >= 15 is 0 Å². The second-order valence-corrected chi connectivity index (χ2v) is 4.84. The van der Waals surface area contributed by atoms with E-state index < -0.39 is 0 Å². The van der Waals surface area contributed by atoms with Crippen molar-refractivity contribution in [3.05, 3.63) is 58.6 Å². The van der Waals surface area contributed by atoms with Crippen LogP contribution in [0.5, 0.6) is 0 Å². The highest BCUT2D eigenvalue weighted by Gasteiger charge is 2.02. The number of hydrogen-bond acceptors (Lipinski definition) is 1. The molecule has 2 N–H and O–H groups in total. The van der Waals surface area contributed by atoms with Gasteiger partial charge in [0.1, 0.15) is 0 Å². The summed E-state index contributed by atoms with van der Waals surface area (Å²) in [4.78, 5) is 0. The van der Waals surface area contributed by atoms with Gasteiger partial charge in [0.2, 0.25) is 0 Å². The summed E-state index contributed by atoms with van der Waals surface area (Å²) in [5.41, 5.74) is 9.46. The minimum Gasteiger partial charge on any atom is -0.324 e. The fourth-order valence-corrected chi connectivity index (χ4v) is 2.07. The summed E-state index contributed by atoms with van der Waals surface area (Å²) in [5, 5.41) is 0. The third-order valence-corrected chi connectivity index (χ3v) is 3.06. The van der Waals surface area contributed by atoms with E-state index in [1.54, 1.807) is 0 Å². The smallest absolute Gasteiger partial charge is 0.0266 e. The van der Waals surface area contributed by atoms with Crippen LogP contribution in [0.1, 0.15) is 18.5 Å². The van der Waals surface area contributed by atoms with Crippen LogP contribution >= 0.6 is 15.9 Å². The van der Waals surface area contributed by atoms with Crippen LogP contribution in [-0.4, -0.2) is 0 Å². The third kappa shape index (κ3) is 2.52. The average molecular weight is 276 g/mol. The Morgan fingerprint density at radius 3 is 2.25 bits per heavy atom. The molecule has 0 heterocycles. The van der Waals surface area contributed by atoms with Gasteiger partial charge >= 0.3 is 0 Å². The fourth-order valence-electron chi connectivity index (χ4n) is 1.67. The Kier molecular flexibility index (Phi) is 3.42. The minimum atomic E-state index is 0.0760. The van der Waals surface area contributed by atoms with Crippen LogP contribution in [0.2, 0.25) is 0 Å². The average Bonchev–Trinajstić information content (AvgIpc) is 2.29. The summed E-state index contributed by atoms with van der Waals surface area (Å²) in [6.45, 7) is 2.00. The monoisotopic (exact) mass is 275 g/mol. The fraction of sp³-hybridized carbons (Fsp3) is 0.143. The molecule has 2 rings (SSSR count). The first-order chi connectivity index (χ1) is 7.66. The number of halogens is 1. The molecule has 0 spiro atoms. The number of rotatable bonds is 2. The summed E-state index contributed by atoms with van der Waals surface area (Å²) in [6, 6.07) is 16.7. The lowest BCUT2D eigenvalue weighted by molar-refractivity contribution is 0.819. The van der Waals surface area contributed by atoms with Gasteiger partial charge in [0.15, 0.2) is 0 Å². The Hall–Kier alpha value is -1.12. The Balaban J connectivity index is 2.44. The molecule has 1 unspecified atom stereocenters. The van der Waals surface area contributed by atoms with E-state index in [1.165, 1.54) is 11.1 Å². The zero-order chi connectivity index (χ0) is 11.5. The van der Waals surface area contributed by atoms with Crippen LogP contribution in [0.25, 0.3) is 11.1 Å². The van der Waals surface area contributed by atoms with Crippen molar-refractivity contribution in [2.75, 3.05) is 0 Å². The van der Waals surface area contributed by atoms with Crippen LogP contribution in [0, 0.1) is 0 Å².